The highest BCUT2D eigenvalue weighted by Crippen LogP contribution is 2.42. The van der Waals surface area contributed by atoms with Gasteiger partial charge in [0.15, 0.2) is 24.0 Å². The molecule has 3 fully saturated rings. The molecule has 3 saturated heterocycles. The number of ketones is 1. The van der Waals surface area contributed by atoms with E-state index in [4.69, 9.17) is 28.4 Å². The first-order chi connectivity index (χ1) is 23.7. The van der Waals surface area contributed by atoms with Crippen LogP contribution in [0, 0.1) is 17.8 Å². The summed E-state index contributed by atoms with van der Waals surface area (Å²) in [4.78, 5) is 29.6. The Morgan fingerprint density at radius 3 is 2.06 bits per heavy atom. The summed E-state index contributed by atoms with van der Waals surface area (Å²) >= 11 is 0. The van der Waals surface area contributed by atoms with Gasteiger partial charge in [0.25, 0.3) is 0 Å². The highest BCUT2D eigenvalue weighted by atomic mass is 19.1. The summed E-state index contributed by atoms with van der Waals surface area (Å²) in [7, 11) is 5.04. The van der Waals surface area contributed by atoms with Crippen molar-refractivity contribution >= 4 is 11.8 Å². The number of rotatable bonds is 7. The van der Waals surface area contributed by atoms with Gasteiger partial charge < -0.3 is 58.9 Å². The molecule has 0 aliphatic carbocycles. The fourth-order valence-corrected chi connectivity index (χ4v) is 8.45. The lowest BCUT2D eigenvalue weighted by Crippen LogP contribution is -2.62. The van der Waals surface area contributed by atoms with Gasteiger partial charge >= 0.3 is 5.97 Å². The minimum Gasteiger partial charge on any atom is -0.459 e. The number of nitrogens with zero attached hydrogens (tertiary/aromatic N) is 1. The second-order valence-corrected chi connectivity index (χ2v) is 16.7. The van der Waals surface area contributed by atoms with Gasteiger partial charge in [0.1, 0.15) is 23.9 Å². The molecule has 2 unspecified atom stereocenters. The third-order valence-electron chi connectivity index (χ3n) is 11.8. The molecule has 3 heterocycles. The van der Waals surface area contributed by atoms with Gasteiger partial charge in [-0.15, -0.1) is 0 Å². The fraction of sp³-hybridized carbons (Fsp3) is 0.946. The normalized spacial score (nSPS) is 50.5. The van der Waals surface area contributed by atoms with Crippen LogP contribution in [-0.2, 0) is 38.0 Å². The van der Waals surface area contributed by atoms with Gasteiger partial charge in [-0.1, -0.05) is 20.8 Å². The summed E-state index contributed by atoms with van der Waals surface area (Å²) < 4.78 is 53.4. The van der Waals surface area contributed by atoms with Crippen molar-refractivity contribution in [2.24, 2.45) is 17.8 Å². The number of hydrogen-bond donors (Lipinski definition) is 5. The molecule has 5 N–H and O–H groups in total. The SMILES string of the molecule is CCC1OC(=O)[C@H](C)C(O[C@H]2C[C@@](C)(OC)[C@@H](O)[C@H](C)O2)[C@H](C)[C@@H](O[C@@H]2O[C@H](C)C[C@H](N(C)C)[C@H]2O)[C@](C)(O)C[C@](C)(F)C(=O)[C@H](C)[C@@H](O)[C@]1(C)O. The number of aliphatic hydroxyl groups is 5. The highest BCUT2D eigenvalue weighted by Gasteiger charge is 2.56. The molecule has 3 aliphatic rings. The van der Waals surface area contributed by atoms with Crippen molar-refractivity contribution in [3.63, 3.8) is 0 Å². The van der Waals surface area contributed by atoms with Crippen LogP contribution in [0.25, 0.3) is 0 Å². The Hall–Kier alpha value is -1.37. The number of likely N-dealkylation sites (N-methyl/N-ethyl adjacent to an activating group) is 1. The Morgan fingerprint density at radius 1 is 0.923 bits per heavy atom. The molecular weight excluding hydrogens is 685 g/mol. The molecule has 0 aromatic heterocycles. The maximum absolute atomic E-state index is 16.8. The molecule has 0 aromatic carbocycles. The molecule has 0 bridgehead atoms. The van der Waals surface area contributed by atoms with Crippen LogP contribution < -0.4 is 0 Å². The molecular formula is C37H66FNO13. The number of alkyl halides is 1. The van der Waals surface area contributed by atoms with Crippen LogP contribution in [0.5, 0.6) is 0 Å². The van der Waals surface area contributed by atoms with Crippen molar-refractivity contribution in [2.45, 2.75) is 185 Å². The standard InChI is InChI=1S/C37H66FNO13/c1-14-24-37(10,46)29(42)21(5)28(41)34(7,38)17-35(8,45)31(52-33-26(40)23(39(11)12)15-18(2)48-33)19(3)27(20(4)32(44)50-24)51-25-16-36(9,47-13)30(43)22(6)49-25/h18-27,29-31,33,40,42-43,45-46H,14-17H2,1-13H3/t18-,19+,20-,21+,22+,23+,24?,25+,26-,27?,29-,30+,31-,33+,34+,35-,36-,37-/m1/s1. The van der Waals surface area contributed by atoms with Gasteiger partial charge in [-0.3, -0.25) is 9.59 Å². The number of carbonyl (C=O) groups is 2. The number of carbonyl (C=O) groups excluding carboxylic acids is 2. The number of aliphatic hydroxyl groups excluding tert-OH is 3. The number of Topliss-reactive ketones (excluding diaryl/α,β-unsaturated/α-hetero) is 1. The van der Waals surface area contributed by atoms with E-state index < -0.39 is 120 Å². The van der Waals surface area contributed by atoms with E-state index in [1.807, 2.05) is 11.8 Å². The minimum atomic E-state index is -2.77. The van der Waals surface area contributed by atoms with E-state index in [9.17, 15) is 35.1 Å². The maximum atomic E-state index is 16.8. The Kier molecular flexibility index (Phi) is 14.5. The number of ether oxygens (including phenoxy) is 6. The van der Waals surface area contributed by atoms with Gasteiger partial charge in [0.05, 0.1) is 47.6 Å². The van der Waals surface area contributed by atoms with Crippen LogP contribution in [0.2, 0.25) is 0 Å². The number of esters is 1. The van der Waals surface area contributed by atoms with Crippen LogP contribution in [-0.4, -0.2) is 153 Å². The van der Waals surface area contributed by atoms with Crippen LogP contribution in [0.15, 0.2) is 0 Å². The quantitative estimate of drug-likeness (QED) is 0.237. The zero-order valence-electron chi connectivity index (χ0n) is 33.2. The molecule has 0 amide bonds. The Morgan fingerprint density at radius 2 is 1.52 bits per heavy atom. The summed E-state index contributed by atoms with van der Waals surface area (Å²) in [6.07, 6.45) is -11.9. The number of halogens is 1. The zero-order valence-corrected chi connectivity index (χ0v) is 33.2. The first-order valence-corrected chi connectivity index (χ1v) is 18.5. The maximum Gasteiger partial charge on any atom is 0.311 e. The van der Waals surface area contributed by atoms with Crippen molar-refractivity contribution in [1.82, 2.24) is 4.90 Å². The first-order valence-electron chi connectivity index (χ1n) is 18.5. The highest BCUT2D eigenvalue weighted by molar-refractivity contribution is 5.89. The Balaban J connectivity index is 2.22. The largest absolute Gasteiger partial charge is 0.459 e. The first kappa shape index (κ1) is 45.0. The molecule has 18 atom stereocenters. The lowest BCUT2D eigenvalue weighted by Gasteiger charge is -2.49. The lowest BCUT2D eigenvalue weighted by atomic mass is 9.73. The second kappa shape index (κ2) is 16.8. The lowest BCUT2D eigenvalue weighted by molar-refractivity contribution is -0.318. The molecule has 3 rings (SSSR count). The average Bonchev–Trinajstić information content (AvgIpc) is 3.05. The number of cyclic esters (lactones) is 1. The van der Waals surface area contributed by atoms with Crippen molar-refractivity contribution in [1.29, 1.82) is 0 Å². The van der Waals surface area contributed by atoms with E-state index in [1.54, 1.807) is 41.8 Å². The van der Waals surface area contributed by atoms with E-state index in [0.717, 1.165) is 6.92 Å². The predicted octanol–water partition coefficient (Wildman–Crippen LogP) is 1.88. The number of methoxy groups -OCH3 is 1. The smallest absolute Gasteiger partial charge is 0.311 e. The van der Waals surface area contributed by atoms with Gasteiger partial charge in [0, 0.05) is 37.8 Å². The molecule has 0 aromatic rings. The Labute approximate surface area is 308 Å². The second-order valence-electron chi connectivity index (χ2n) is 16.7. The van der Waals surface area contributed by atoms with E-state index >= 15 is 4.39 Å². The van der Waals surface area contributed by atoms with E-state index in [0.29, 0.717) is 6.42 Å². The van der Waals surface area contributed by atoms with Gasteiger partial charge in [-0.05, 0) is 75.4 Å². The van der Waals surface area contributed by atoms with E-state index in [2.05, 4.69) is 0 Å². The van der Waals surface area contributed by atoms with Crippen molar-refractivity contribution in [3.05, 3.63) is 0 Å². The topological polar surface area (TPSA) is 194 Å². The molecule has 0 radical (unpaired) electrons. The minimum absolute atomic E-state index is 0.0296. The number of hydrogen-bond acceptors (Lipinski definition) is 14. The van der Waals surface area contributed by atoms with Crippen molar-refractivity contribution in [3.8, 4) is 0 Å². The fourth-order valence-electron chi connectivity index (χ4n) is 8.45. The molecule has 0 spiro atoms. The molecule has 52 heavy (non-hydrogen) atoms. The Bertz CT molecular complexity index is 1220. The summed E-state index contributed by atoms with van der Waals surface area (Å²) in [6.45, 7) is 14.7. The molecule has 14 nitrogen and oxygen atoms in total. The van der Waals surface area contributed by atoms with Gasteiger partial charge in [0.2, 0.25) is 0 Å². The van der Waals surface area contributed by atoms with Crippen LogP contribution >= 0.6 is 0 Å². The summed E-state index contributed by atoms with van der Waals surface area (Å²) in [6, 6.07) is -0.405. The predicted molar refractivity (Wildman–Crippen MR) is 187 cm³/mol. The van der Waals surface area contributed by atoms with Gasteiger partial charge in [-0.2, -0.15) is 0 Å². The van der Waals surface area contributed by atoms with Crippen LogP contribution in [0.3, 0.4) is 0 Å². The van der Waals surface area contributed by atoms with E-state index in [1.165, 1.54) is 34.8 Å². The summed E-state index contributed by atoms with van der Waals surface area (Å²) in [5, 5.41) is 57.4. The van der Waals surface area contributed by atoms with Crippen molar-refractivity contribution in [2.75, 3.05) is 21.2 Å². The van der Waals surface area contributed by atoms with E-state index in [-0.39, 0.29) is 18.9 Å². The van der Waals surface area contributed by atoms with Crippen LogP contribution in [0.1, 0.15) is 94.9 Å². The zero-order chi connectivity index (χ0) is 39.9. The summed E-state index contributed by atoms with van der Waals surface area (Å²) in [5.74, 6) is -5.61. The molecule has 0 saturated carbocycles. The van der Waals surface area contributed by atoms with Crippen LogP contribution in [0.4, 0.5) is 4.39 Å². The summed E-state index contributed by atoms with van der Waals surface area (Å²) in [5.41, 5.74) is -8.26. The molecule has 15 heteroatoms. The third-order valence-corrected chi connectivity index (χ3v) is 11.8. The third kappa shape index (κ3) is 9.35. The van der Waals surface area contributed by atoms with Crippen molar-refractivity contribution < 1.29 is 67.9 Å². The monoisotopic (exact) mass is 751 g/mol. The van der Waals surface area contributed by atoms with Gasteiger partial charge in [-0.25, -0.2) is 4.39 Å². The molecule has 3 aliphatic heterocycles. The average molecular weight is 752 g/mol. The molecule has 304 valence electrons.